The van der Waals surface area contributed by atoms with E-state index in [0.717, 1.165) is 16.9 Å². The summed E-state index contributed by atoms with van der Waals surface area (Å²) in [6.45, 7) is 12.1. The van der Waals surface area contributed by atoms with Crippen LogP contribution in [0, 0.1) is 0 Å². The summed E-state index contributed by atoms with van der Waals surface area (Å²) in [4.78, 5) is 24.9. The summed E-state index contributed by atoms with van der Waals surface area (Å²) in [5, 5.41) is 6.64. The molecule has 0 radical (unpaired) electrons. The third-order valence-corrected chi connectivity index (χ3v) is 4.84. The van der Waals surface area contributed by atoms with E-state index in [0.29, 0.717) is 31.1 Å². The first-order chi connectivity index (χ1) is 16.3. The second-order valence-corrected chi connectivity index (χ2v) is 10.7. The minimum absolute atomic E-state index is 0.335. The number of ether oxygens (including phenoxy) is 3. The van der Waals surface area contributed by atoms with Crippen LogP contribution in [0.4, 0.5) is 4.79 Å². The van der Waals surface area contributed by atoms with Gasteiger partial charge < -0.3 is 24.8 Å². The van der Waals surface area contributed by atoms with Crippen LogP contribution < -0.4 is 15.4 Å². The molecule has 1 amide bonds. The molecule has 8 heteroatoms. The zero-order valence-electron chi connectivity index (χ0n) is 21.4. The molecule has 0 bridgehead atoms. The molecule has 2 N–H and O–H groups in total. The molecule has 0 aliphatic heterocycles. The predicted octanol–water partition coefficient (Wildman–Crippen LogP) is 5.63. The summed E-state index contributed by atoms with van der Waals surface area (Å²) in [6.07, 6.45) is -0.323. The fourth-order valence-electron chi connectivity index (χ4n) is 3.07. The largest absolute Gasteiger partial charge is 0.489 e. The van der Waals surface area contributed by atoms with Crippen molar-refractivity contribution in [1.82, 2.24) is 10.6 Å². The van der Waals surface area contributed by atoms with Crippen molar-refractivity contribution in [2.45, 2.75) is 78.4 Å². The van der Waals surface area contributed by atoms with Crippen molar-refractivity contribution in [2.75, 3.05) is 6.54 Å². The van der Waals surface area contributed by atoms with Crippen molar-refractivity contribution in [3.05, 3.63) is 64.7 Å². The summed E-state index contributed by atoms with van der Waals surface area (Å²) >= 11 is 5.95. The molecule has 0 fully saturated rings. The number of esters is 1. The summed E-state index contributed by atoms with van der Waals surface area (Å²) < 4.78 is 16.8. The van der Waals surface area contributed by atoms with Gasteiger partial charge in [0, 0.05) is 17.1 Å². The topological polar surface area (TPSA) is 85.9 Å². The lowest BCUT2D eigenvalue weighted by atomic mass is 10.1. The number of amides is 1. The molecule has 0 spiro atoms. The number of rotatable bonds is 10. The maximum absolute atomic E-state index is 12.7. The van der Waals surface area contributed by atoms with Crippen LogP contribution in [0.2, 0.25) is 5.02 Å². The van der Waals surface area contributed by atoms with Gasteiger partial charge in [-0.05, 0) is 78.3 Å². The van der Waals surface area contributed by atoms with E-state index in [1.165, 1.54) is 0 Å². The highest BCUT2D eigenvalue weighted by Gasteiger charge is 2.28. The second kappa shape index (κ2) is 12.8. The number of hydrogen-bond acceptors (Lipinski definition) is 6. The summed E-state index contributed by atoms with van der Waals surface area (Å²) in [5.74, 6) is 0.266. The van der Waals surface area contributed by atoms with Crippen molar-refractivity contribution >= 4 is 23.7 Å². The van der Waals surface area contributed by atoms with Crippen molar-refractivity contribution < 1.29 is 23.8 Å². The van der Waals surface area contributed by atoms with Gasteiger partial charge in [-0.2, -0.15) is 0 Å². The lowest BCUT2D eigenvalue weighted by Crippen LogP contribution is -2.47. The molecule has 2 aromatic rings. The Balaban J connectivity index is 1.93. The molecule has 35 heavy (non-hydrogen) atoms. The quantitative estimate of drug-likeness (QED) is 0.322. The van der Waals surface area contributed by atoms with Crippen molar-refractivity contribution in [1.29, 1.82) is 0 Å². The Labute approximate surface area is 213 Å². The normalized spacial score (nSPS) is 12.5. The number of carbonyl (C=O) groups excluding carboxylic acids is 2. The molecule has 0 unspecified atom stereocenters. The fourth-order valence-corrected chi connectivity index (χ4v) is 3.20. The number of halogens is 1. The van der Waals surface area contributed by atoms with E-state index in [-0.39, 0.29) is 0 Å². The summed E-state index contributed by atoms with van der Waals surface area (Å²) in [6, 6.07) is 14.4. The van der Waals surface area contributed by atoms with Crippen LogP contribution in [0.25, 0.3) is 0 Å². The number of carbonyl (C=O) groups is 2. The van der Waals surface area contributed by atoms with Crippen LogP contribution in [-0.2, 0) is 27.4 Å². The Morgan fingerprint density at radius 2 is 1.54 bits per heavy atom. The Kier molecular flexibility index (Phi) is 10.4. The zero-order chi connectivity index (χ0) is 26.1. The van der Waals surface area contributed by atoms with Gasteiger partial charge in [-0.15, -0.1) is 0 Å². The number of alkyl carbamates (subject to hydrolysis) is 1. The highest BCUT2D eigenvalue weighted by molar-refractivity contribution is 6.30. The number of hydrogen-bond donors (Lipinski definition) is 2. The van der Waals surface area contributed by atoms with Crippen LogP contribution in [0.5, 0.6) is 5.75 Å². The van der Waals surface area contributed by atoms with Gasteiger partial charge in [0.1, 0.15) is 29.6 Å². The van der Waals surface area contributed by atoms with Crippen LogP contribution in [-0.4, -0.2) is 35.9 Å². The third-order valence-electron chi connectivity index (χ3n) is 4.59. The molecule has 2 rings (SSSR count). The molecule has 2 aromatic carbocycles. The average molecular weight is 505 g/mol. The molecule has 192 valence electrons. The highest BCUT2D eigenvalue weighted by atomic mass is 35.5. The maximum atomic E-state index is 12.7. The highest BCUT2D eigenvalue weighted by Crippen LogP contribution is 2.20. The molecule has 0 saturated heterocycles. The Morgan fingerprint density at radius 3 is 2.17 bits per heavy atom. The first-order valence-electron chi connectivity index (χ1n) is 11.7. The van der Waals surface area contributed by atoms with Crippen molar-refractivity contribution in [2.24, 2.45) is 0 Å². The minimum atomic E-state index is -0.840. The van der Waals surface area contributed by atoms with Gasteiger partial charge in [0.15, 0.2) is 0 Å². The summed E-state index contributed by atoms with van der Waals surface area (Å²) in [5.41, 5.74) is 0.663. The van der Waals surface area contributed by atoms with E-state index >= 15 is 0 Å². The molecule has 0 heterocycles. The minimum Gasteiger partial charge on any atom is -0.489 e. The fraction of sp³-hybridized carbons (Fsp3) is 0.481. The number of benzene rings is 2. The van der Waals surface area contributed by atoms with Gasteiger partial charge in [0.25, 0.3) is 0 Å². The number of nitrogens with one attached hydrogen (secondary N) is 2. The Morgan fingerprint density at radius 1 is 0.914 bits per heavy atom. The van der Waals surface area contributed by atoms with Crippen LogP contribution in [0.15, 0.2) is 48.5 Å². The van der Waals surface area contributed by atoms with Gasteiger partial charge in [-0.1, -0.05) is 41.9 Å². The van der Waals surface area contributed by atoms with Crippen molar-refractivity contribution in [3.63, 3.8) is 0 Å². The van der Waals surface area contributed by atoms with E-state index in [1.807, 2.05) is 48.5 Å². The average Bonchev–Trinajstić information content (AvgIpc) is 2.73. The maximum Gasteiger partial charge on any atom is 0.408 e. The van der Waals surface area contributed by atoms with Crippen LogP contribution in [0.1, 0.15) is 59.1 Å². The number of para-hydroxylation sites is 1. The van der Waals surface area contributed by atoms with Gasteiger partial charge in [-0.3, -0.25) is 0 Å². The second-order valence-electron chi connectivity index (χ2n) is 10.2. The van der Waals surface area contributed by atoms with Crippen LogP contribution >= 0.6 is 11.6 Å². The van der Waals surface area contributed by atoms with E-state index in [1.54, 1.807) is 41.5 Å². The monoisotopic (exact) mass is 504 g/mol. The third kappa shape index (κ3) is 11.5. The molecular formula is C27H37ClN2O5. The van der Waals surface area contributed by atoms with Gasteiger partial charge >= 0.3 is 12.1 Å². The predicted molar refractivity (Wildman–Crippen MR) is 138 cm³/mol. The first kappa shape index (κ1) is 28.5. The molecule has 1 atom stereocenters. The molecule has 0 aliphatic rings. The van der Waals surface area contributed by atoms with Gasteiger partial charge in [0.2, 0.25) is 0 Å². The van der Waals surface area contributed by atoms with Crippen LogP contribution in [0.3, 0.4) is 0 Å². The Bertz CT molecular complexity index is 965. The zero-order valence-corrected chi connectivity index (χ0v) is 22.2. The van der Waals surface area contributed by atoms with E-state index in [4.69, 9.17) is 25.8 Å². The van der Waals surface area contributed by atoms with Gasteiger partial charge in [0.05, 0.1) is 0 Å². The molecule has 0 aliphatic carbocycles. The van der Waals surface area contributed by atoms with Gasteiger partial charge in [-0.25, -0.2) is 9.59 Å². The standard InChI is InChI=1S/C27H37ClN2O5/c1-26(2,3)34-24(31)22(30-25(32)35-27(4,5)6)15-16-29-17-20-9-7-8-10-23(20)33-18-19-11-13-21(28)14-12-19/h7-14,22,29H,15-18H2,1-6H3,(H,30,32)/t22-/m0/s1. The van der Waals surface area contributed by atoms with E-state index in [9.17, 15) is 9.59 Å². The smallest absolute Gasteiger partial charge is 0.408 e. The molecule has 0 saturated carbocycles. The lowest BCUT2D eigenvalue weighted by molar-refractivity contribution is -0.157. The molecule has 7 nitrogen and oxygen atoms in total. The Hall–Kier alpha value is -2.77. The van der Waals surface area contributed by atoms with E-state index < -0.39 is 29.3 Å². The summed E-state index contributed by atoms with van der Waals surface area (Å²) in [7, 11) is 0. The molecular weight excluding hydrogens is 468 g/mol. The SMILES string of the molecule is CC(C)(C)OC(=O)N[C@@H](CCNCc1ccccc1OCc1ccc(Cl)cc1)C(=O)OC(C)(C)C. The molecule has 0 aromatic heterocycles. The van der Waals surface area contributed by atoms with Crippen molar-refractivity contribution in [3.8, 4) is 5.75 Å². The lowest BCUT2D eigenvalue weighted by Gasteiger charge is -2.26. The first-order valence-corrected chi connectivity index (χ1v) is 12.1. The van der Waals surface area contributed by atoms with E-state index in [2.05, 4.69) is 10.6 Å².